The average Bonchev–Trinajstić information content (AvgIpc) is 3.47. The quantitative estimate of drug-likeness (QED) is 0.297. The molecule has 11 nitrogen and oxygen atoms in total. The molecule has 174 valence electrons. The number of aliphatic hydroxyl groups excluding tert-OH is 1. The smallest absolute Gasteiger partial charge is 0.258 e. The number of aliphatic hydroxyl groups is 1. The number of aromatic nitrogens is 5. The van der Waals surface area contributed by atoms with Gasteiger partial charge in [-0.2, -0.15) is 10.4 Å². The first-order valence-corrected chi connectivity index (χ1v) is 12.2. The van der Waals surface area contributed by atoms with Gasteiger partial charge in [0.1, 0.15) is 5.65 Å². The Hall–Kier alpha value is -3.79. The molecule has 1 fully saturated rings. The standard InChI is InChI=1S/C22H22N8O3S/c23-12-14-1-4-24-20(9-14)34(32,33)29-16-10-15(11-16)27-21-17-2-5-25-22(17)26-13-18(21)19-3-6-30(28-19)7-8-31/h1-6,9,13,15-16,29,31H,7-8,10-11H2,(H2,25,26,27)/t15-,16+. The summed E-state index contributed by atoms with van der Waals surface area (Å²) in [4.78, 5) is 11.5. The number of nitrogens with zero attached hydrogens (tertiary/aromatic N) is 5. The third-order valence-corrected chi connectivity index (χ3v) is 7.20. The zero-order valence-corrected chi connectivity index (χ0v) is 18.8. The number of fused-ring (bicyclic) bond motifs is 1. The maximum absolute atomic E-state index is 12.7. The summed E-state index contributed by atoms with van der Waals surface area (Å²) in [6, 6.07) is 8.26. The number of rotatable bonds is 8. The highest BCUT2D eigenvalue weighted by Gasteiger charge is 2.34. The topological polar surface area (TPSA) is 162 Å². The molecule has 0 aliphatic heterocycles. The van der Waals surface area contributed by atoms with Gasteiger partial charge in [-0.3, -0.25) is 4.68 Å². The summed E-state index contributed by atoms with van der Waals surface area (Å²) in [5.74, 6) is 0. The van der Waals surface area contributed by atoms with Gasteiger partial charge < -0.3 is 15.4 Å². The van der Waals surface area contributed by atoms with E-state index in [-0.39, 0.29) is 29.3 Å². The van der Waals surface area contributed by atoms with Crippen molar-refractivity contribution in [2.45, 2.75) is 36.5 Å². The third-order valence-electron chi connectivity index (χ3n) is 5.78. The van der Waals surface area contributed by atoms with Gasteiger partial charge in [0.2, 0.25) is 0 Å². The van der Waals surface area contributed by atoms with Gasteiger partial charge in [-0.25, -0.2) is 23.1 Å². The number of hydrogen-bond acceptors (Lipinski definition) is 8. The van der Waals surface area contributed by atoms with Gasteiger partial charge in [0.05, 0.1) is 36.2 Å². The maximum Gasteiger partial charge on any atom is 0.258 e. The molecule has 4 N–H and O–H groups in total. The van der Waals surface area contributed by atoms with Crippen molar-refractivity contribution in [3.8, 4) is 17.3 Å². The van der Waals surface area contributed by atoms with Crippen LogP contribution in [0.2, 0.25) is 0 Å². The van der Waals surface area contributed by atoms with E-state index in [2.05, 4.69) is 30.1 Å². The fraction of sp³-hybridized carbons (Fsp3) is 0.273. The van der Waals surface area contributed by atoms with E-state index in [4.69, 9.17) is 5.26 Å². The van der Waals surface area contributed by atoms with Crippen molar-refractivity contribution < 1.29 is 13.5 Å². The van der Waals surface area contributed by atoms with Gasteiger partial charge in [0.15, 0.2) is 5.03 Å². The van der Waals surface area contributed by atoms with Crippen molar-refractivity contribution in [2.75, 3.05) is 11.9 Å². The van der Waals surface area contributed by atoms with Crippen LogP contribution in [-0.4, -0.2) is 56.9 Å². The lowest BCUT2D eigenvalue weighted by molar-refractivity contribution is 0.269. The molecule has 4 aromatic heterocycles. The number of anilines is 1. The van der Waals surface area contributed by atoms with Crippen LogP contribution in [0.3, 0.4) is 0 Å². The van der Waals surface area contributed by atoms with Gasteiger partial charge in [0.25, 0.3) is 10.0 Å². The highest BCUT2D eigenvalue weighted by Crippen LogP contribution is 2.36. The molecule has 0 spiro atoms. The van der Waals surface area contributed by atoms with Crippen molar-refractivity contribution in [2.24, 2.45) is 0 Å². The second kappa shape index (κ2) is 8.86. The Labute approximate surface area is 195 Å². The average molecular weight is 479 g/mol. The first-order valence-electron chi connectivity index (χ1n) is 10.7. The van der Waals surface area contributed by atoms with E-state index >= 15 is 0 Å². The second-order valence-corrected chi connectivity index (χ2v) is 9.76. The van der Waals surface area contributed by atoms with Crippen molar-refractivity contribution in [3.63, 3.8) is 0 Å². The molecule has 0 amide bonds. The van der Waals surface area contributed by atoms with Crippen molar-refractivity contribution in [1.29, 1.82) is 5.26 Å². The first-order chi connectivity index (χ1) is 16.5. The van der Waals surface area contributed by atoms with E-state index in [9.17, 15) is 13.5 Å². The normalized spacial score (nSPS) is 17.9. The molecule has 1 aliphatic rings. The van der Waals surface area contributed by atoms with Gasteiger partial charge in [-0.05, 0) is 37.1 Å². The molecule has 12 heteroatoms. The van der Waals surface area contributed by atoms with Crippen molar-refractivity contribution in [1.82, 2.24) is 29.5 Å². The zero-order valence-electron chi connectivity index (χ0n) is 18.0. The molecule has 5 rings (SSSR count). The number of H-pyrrole nitrogens is 1. The molecule has 0 aromatic carbocycles. The van der Waals surface area contributed by atoms with Gasteiger partial charge in [0, 0.05) is 47.8 Å². The molecule has 4 aromatic rings. The molecule has 0 atom stereocenters. The minimum atomic E-state index is -3.82. The molecular weight excluding hydrogens is 456 g/mol. The van der Waals surface area contributed by atoms with E-state index < -0.39 is 10.0 Å². The zero-order chi connectivity index (χ0) is 23.7. The summed E-state index contributed by atoms with van der Waals surface area (Å²) in [7, 11) is -3.82. The van der Waals surface area contributed by atoms with E-state index in [1.807, 2.05) is 24.4 Å². The third kappa shape index (κ3) is 4.24. The van der Waals surface area contributed by atoms with Crippen LogP contribution in [0.15, 0.2) is 54.1 Å². The van der Waals surface area contributed by atoms with Gasteiger partial charge in [-0.15, -0.1) is 0 Å². The number of hydrogen-bond donors (Lipinski definition) is 4. The molecule has 1 aliphatic carbocycles. The van der Waals surface area contributed by atoms with Crippen LogP contribution in [0.4, 0.5) is 5.69 Å². The Balaban J connectivity index is 1.32. The highest BCUT2D eigenvalue weighted by molar-refractivity contribution is 7.89. The number of pyridine rings is 2. The summed E-state index contributed by atoms with van der Waals surface area (Å²) in [5, 5.41) is 27.0. The fourth-order valence-electron chi connectivity index (χ4n) is 4.03. The lowest BCUT2D eigenvalue weighted by atomic mass is 9.87. The van der Waals surface area contributed by atoms with Crippen molar-refractivity contribution >= 4 is 26.7 Å². The molecule has 4 heterocycles. The molecule has 0 bridgehead atoms. The largest absolute Gasteiger partial charge is 0.394 e. The summed E-state index contributed by atoms with van der Waals surface area (Å²) >= 11 is 0. The molecule has 0 radical (unpaired) electrons. The highest BCUT2D eigenvalue weighted by atomic mass is 32.2. The van der Waals surface area contributed by atoms with Crippen LogP contribution >= 0.6 is 0 Å². The number of nitriles is 1. The van der Waals surface area contributed by atoms with Crippen molar-refractivity contribution in [3.05, 3.63) is 54.6 Å². The Bertz CT molecular complexity index is 1480. The fourth-order valence-corrected chi connectivity index (χ4v) is 5.27. The van der Waals surface area contributed by atoms with E-state index in [0.717, 1.165) is 28.0 Å². The number of aromatic amines is 1. The number of sulfonamides is 1. The molecular formula is C22H22N8O3S. The van der Waals surface area contributed by atoms with E-state index in [1.54, 1.807) is 17.1 Å². The van der Waals surface area contributed by atoms with Gasteiger partial charge >= 0.3 is 0 Å². The summed E-state index contributed by atoms with van der Waals surface area (Å²) < 4.78 is 29.7. The van der Waals surface area contributed by atoms with Crippen LogP contribution in [0.25, 0.3) is 22.3 Å². The number of nitrogens with one attached hydrogen (secondary N) is 3. The Morgan fingerprint density at radius 3 is 2.88 bits per heavy atom. The van der Waals surface area contributed by atoms with E-state index in [0.29, 0.717) is 19.4 Å². The van der Waals surface area contributed by atoms with Crippen LogP contribution < -0.4 is 10.0 Å². The van der Waals surface area contributed by atoms with Crippen LogP contribution in [0, 0.1) is 11.3 Å². The molecule has 34 heavy (non-hydrogen) atoms. The minimum Gasteiger partial charge on any atom is -0.394 e. The first kappa shape index (κ1) is 22.0. The SMILES string of the molecule is N#Cc1ccnc(S(=O)(=O)N[C@H]2C[C@@H](Nc3c(-c4ccn(CCO)n4)cnc4[nH]ccc34)C2)c1. The van der Waals surface area contributed by atoms with Crippen LogP contribution in [0.1, 0.15) is 18.4 Å². The Morgan fingerprint density at radius 1 is 1.24 bits per heavy atom. The lowest BCUT2D eigenvalue weighted by Crippen LogP contribution is -2.49. The Morgan fingerprint density at radius 2 is 2.09 bits per heavy atom. The predicted octanol–water partition coefficient (Wildman–Crippen LogP) is 1.61. The molecule has 0 unspecified atom stereocenters. The minimum absolute atomic E-state index is 0.00296. The molecule has 0 saturated heterocycles. The second-order valence-electron chi connectivity index (χ2n) is 8.10. The monoisotopic (exact) mass is 478 g/mol. The van der Waals surface area contributed by atoms with E-state index in [1.165, 1.54) is 18.3 Å². The summed E-state index contributed by atoms with van der Waals surface area (Å²) in [6.45, 7) is 0.399. The summed E-state index contributed by atoms with van der Waals surface area (Å²) in [6.07, 6.45) is 7.86. The molecule has 1 saturated carbocycles. The predicted molar refractivity (Wildman–Crippen MR) is 124 cm³/mol. The van der Waals surface area contributed by atoms with Crippen LogP contribution in [-0.2, 0) is 16.6 Å². The lowest BCUT2D eigenvalue weighted by Gasteiger charge is -2.37. The maximum atomic E-state index is 12.7. The summed E-state index contributed by atoms with van der Waals surface area (Å²) in [5.41, 5.74) is 3.40. The van der Waals surface area contributed by atoms with Crippen LogP contribution in [0.5, 0.6) is 0 Å². The van der Waals surface area contributed by atoms with Gasteiger partial charge in [-0.1, -0.05) is 0 Å². The Kier molecular flexibility index (Phi) is 5.74.